The van der Waals surface area contributed by atoms with E-state index in [9.17, 15) is 13.2 Å². The number of nitrogens with one attached hydrogen (secondary N) is 1. The summed E-state index contributed by atoms with van der Waals surface area (Å²) in [6, 6.07) is 15.4. The molecule has 8 heteroatoms. The molecule has 1 saturated heterocycles. The first kappa shape index (κ1) is 21.1. The van der Waals surface area contributed by atoms with Crippen molar-refractivity contribution in [2.75, 3.05) is 47.1 Å². The number of morpholine rings is 1. The molecule has 1 aliphatic rings. The molecular weight excluding hydrogens is 390 g/mol. The first-order chi connectivity index (χ1) is 13.9. The lowest BCUT2D eigenvalue weighted by Crippen LogP contribution is -2.46. The maximum absolute atomic E-state index is 12.9. The first-order valence-electron chi connectivity index (χ1n) is 9.68. The Balaban J connectivity index is 1.76. The third kappa shape index (κ3) is 5.27. The van der Waals surface area contributed by atoms with Gasteiger partial charge >= 0.3 is 0 Å². The average Bonchev–Trinajstić information content (AvgIpc) is 2.72. The molecule has 156 valence electrons. The number of anilines is 3. The summed E-state index contributed by atoms with van der Waals surface area (Å²) >= 11 is 0. The summed E-state index contributed by atoms with van der Waals surface area (Å²) in [5, 5.41) is 2.86. The molecule has 0 spiro atoms. The molecule has 0 bridgehead atoms. The van der Waals surface area contributed by atoms with Crippen LogP contribution in [0.1, 0.15) is 13.3 Å². The minimum absolute atomic E-state index is 0.347. The highest BCUT2D eigenvalue weighted by Gasteiger charge is 2.31. The second kappa shape index (κ2) is 9.28. The van der Waals surface area contributed by atoms with Crippen molar-refractivity contribution in [2.24, 2.45) is 0 Å². The molecule has 0 radical (unpaired) electrons. The molecule has 0 unspecified atom stereocenters. The van der Waals surface area contributed by atoms with Crippen LogP contribution in [0.4, 0.5) is 17.1 Å². The summed E-state index contributed by atoms with van der Waals surface area (Å²) in [7, 11) is -3.63. The van der Waals surface area contributed by atoms with E-state index in [-0.39, 0.29) is 5.91 Å². The van der Waals surface area contributed by atoms with Crippen molar-refractivity contribution in [2.45, 2.75) is 19.4 Å². The number of benzene rings is 2. The van der Waals surface area contributed by atoms with Crippen LogP contribution in [-0.4, -0.2) is 52.9 Å². The fraction of sp³-hybridized carbons (Fsp3) is 0.381. The lowest BCUT2D eigenvalue weighted by molar-refractivity contribution is -0.117. The Morgan fingerprint density at radius 2 is 1.72 bits per heavy atom. The number of carbonyl (C=O) groups excluding carboxylic acids is 1. The normalized spacial score (nSPS) is 15.6. The standard InChI is InChI=1S/C21H27N3O4S/c1-3-20(24(29(2,26)27)19-7-5-4-6-8-19)21(25)22-17-9-11-18(12-10-17)23-13-15-28-16-14-23/h4-12,20H,3,13-16H2,1-2H3,(H,22,25)/t20-/m0/s1. The number of hydrogen-bond acceptors (Lipinski definition) is 5. The fourth-order valence-corrected chi connectivity index (χ4v) is 4.65. The molecule has 1 amide bonds. The highest BCUT2D eigenvalue weighted by Crippen LogP contribution is 2.24. The van der Waals surface area contributed by atoms with Crippen LogP contribution in [0.2, 0.25) is 0 Å². The zero-order valence-corrected chi connectivity index (χ0v) is 17.6. The maximum Gasteiger partial charge on any atom is 0.248 e. The molecular formula is C21H27N3O4S. The van der Waals surface area contributed by atoms with Gasteiger partial charge in [0.1, 0.15) is 6.04 Å². The van der Waals surface area contributed by atoms with Gasteiger partial charge in [0.2, 0.25) is 15.9 Å². The van der Waals surface area contributed by atoms with Crippen LogP contribution >= 0.6 is 0 Å². The molecule has 1 aliphatic heterocycles. The Labute approximate surface area is 172 Å². The summed E-state index contributed by atoms with van der Waals surface area (Å²) < 4.78 is 31.4. The zero-order chi connectivity index (χ0) is 20.9. The van der Waals surface area contributed by atoms with Crippen molar-refractivity contribution >= 4 is 33.0 Å². The Morgan fingerprint density at radius 1 is 1.10 bits per heavy atom. The predicted octanol–water partition coefficient (Wildman–Crippen LogP) is 2.71. The van der Waals surface area contributed by atoms with Gasteiger partial charge in [-0.15, -0.1) is 0 Å². The minimum atomic E-state index is -3.63. The van der Waals surface area contributed by atoms with E-state index >= 15 is 0 Å². The van der Waals surface area contributed by atoms with Crippen molar-refractivity contribution < 1.29 is 17.9 Å². The summed E-state index contributed by atoms with van der Waals surface area (Å²) in [6.45, 7) is 4.88. The van der Waals surface area contributed by atoms with Gasteiger partial charge in [-0.3, -0.25) is 9.10 Å². The second-order valence-electron chi connectivity index (χ2n) is 6.95. The van der Waals surface area contributed by atoms with Gasteiger partial charge in [0.05, 0.1) is 25.2 Å². The molecule has 2 aromatic carbocycles. The van der Waals surface area contributed by atoms with Gasteiger partial charge < -0.3 is 15.0 Å². The molecule has 1 N–H and O–H groups in total. The van der Waals surface area contributed by atoms with Gasteiger partial charge in [-0.1, -0.05) is 25.1 Å². The van der Waals surface area contributed by atoms with E-state index in [2.05, 4.69) is 10.2 Å². The predicted molar refractivity (Wildman–Crippen MR) is 116 cm³/mol. The molecule has 1 atom stereocenters. The van der Waals surface area contributed by atoms with Crippen LogP contribution in [0.3, 0.4) is 0 Å². The van der Waals surface area contributed by atoms with Crippen LogP contribution in [0, 0.1) is 0 Å². The number of para-hydroxylation sites is 1. The van der Waals surface area contributed by atoms with Gasteiger partial charge in [0.15, 0.2) is 0 Å². The van der Waals surface area contributed by atoms with Crippen LogP contribution in [0.15, 0.2) is 54.6 Å². The topological polar surface area (TPSA) is 79.0 Å². The van der Waals surface area contributed by atoms with E-state index < -0.39 is 16.1 Å². The largest absolute Gasteiger partial charge is 0.378 e. The van der Waals surface area contributed by atoms with E-state index in [1.165, 1.54) is 4.31 Å². The van der Waals surface area contributed by atoms with Gasteiger partial charge in [0.25, 0.3) is 0 Å². The third-order valence-corrected chi connectivity index (χ3v) is 6.03. The quantitative estimate of drug-likeness (QED) is 0.749. The number of nitrogens with zero attached hydrogens (tertiary/aromatic N) is 2. The van der Waals surface area contributed by atoms with E-state index in [1.807, 2.05) is 24.3 Å². The number of amides is 1. The van der Waals surface area contributed by atoms with Crippen LogP contribution < -0.4 is 14.5 Å². The van der Waals surface area contributed by atoms with Crippen molar-refractivity contribution in [3.63, 3.8) is 0 Å². The zero-order valence-electron chi connectivity index (χ0n) is 16.7. The fourth-order valence-electron chi connectivity index (χ4n) is 3.44. The first-order valence-corrected chi connectivity index (χ1v) is 11.5. The third-order valence-electron chi connectivity index (χ3n) is 4.85. The SMILES string of the molecule is CC[C@@H](C(=O)Nc1ccc(N2CCOCC2)cc1)N(c1ccccc1)S(C)(=O)=O. The van der Waals surface area contributed by atoms with Crippen LogP contribution in [0.5, 0.6) is 0 Å². The summed E-state index contributed by atoms with van der Waals surface area (Å²) in [5.74, 6) is -0.360. The molecule has 0 saturated carbocycles. The Morgan fingerprint density at radius 3 is 2.28 bits per heavy atom. The van der Waals surface area contributed by atoms with E-state index in [1.54, 1.807) is 37.3 Å². The highest BCUT2D eigenvalue weighted by molar-refractivity contribution is 7.92. The van der Waals surface area contributed by atoms with Crippen LogP contribution in [-0.2, 0) is 19.6 Å². The highest BCUT2D eigenvalue weighted by atomic mass is 32.2. The number of carbonyl (C=O) groups is 1. The molecule has 1 fully saturated rings. The van der Waals surface area contributed by atoms with Crippen molar-refractivity contribution in [1.82, 2.24) is 0 Å². The Hall–Kier alpha value is -2.58. The molecule has 0 aliphatic carbocycles. The van der Waals surface area contributed by atoms with Gasteiger partial charge in [-0.2, -0.15) is 0 Å². The molecule has 2 aromatic rings. The molecule has 1 heterocycles. The van der Waals surface area contributed by atoms with Gasteiger partial charge in [-0.05, 0) is 42.8 Å². The van der Waals surface area contributed by atoms with Gasteiger partial charge in [-0.25, -0.2) is 8.42 Å². The van der Waals surface area contributed by atoms with Crippen molar-refractivity contribution in [3.05, 3.63) is 54.6 Å². The maximum atomic E-state index is 12.9. The molecule has 3 rings (SSSR count). The molecule has 0 aromatic heterocycles. The number of hydrogen-bond donors (Lipinski definition) is 1. The van der Waals surface area contributed by atoms with E-state index in [0.29, 0.717) is 31.0 Å². The van der Waals surface area contributed by atoms with E-state index in [0.717, 1.165) is 25.0 Å². The monoisotopic (exact) mass is 417 g/mol. The average molecular weight is 418 g/mol. The summed E-state index contributed by atoms with van der Waals surface area (Å²) in [4.78, 5) is 15.2. The number of ether oxygens (including phenoxy) is 1. The lowest BCUT2D eigenvalue weighted by atomic mass is 10.1. The van der Waals surface area contributed by atoms with Crippen molar-refractivity contribution in [1.29, 1.82) is 0 Å². The summed E-state index contributed by atoms with van der Waals surface area (Å²) in [5.41, 5.74) is 2.17. The second-order valence-corrected chi connectivity index (χ2v) is 8.81. The Kier molecular flexibility index (Phi) is 6.76. The smallest absolute Gasteiger partial charge is 0.248 e. The number of sulfonamides is 1. The Bertz CT molecular complexity index is 911. The summed E-state index contributed by atoms with van der Waals surface area (Å²) in [6.07, 6.45) is 1.47. The van der Waals surface area contributed by atoms with Crippen molar-refractivity contribution in [3.8, 4) is 0 Å². The van der Waals surface area contributed by atoms with Crippen LogP contribution in [0.25, 0.3) is 0 Å². The molecule has 7 nitrogen and oxygen atoms in total. The molecule has 29 heavy (non-hydrogen) atoms. The lowest BCUT2D eigenvalue weighted by Gasteiger charge is -2.30. The van der Waals surface area contributed by atoms with Gasteiger partial charge in [0, 0.05) is 24.5 Å². The minimum Gasteiger partial charge on any atom is -0.378 e. The number of rotatable bonds is 7. The van der Waals surface area contributed by atoms with E-state index in [4.69, 9.17) is 4.74 Å².